The van der Waals surface area contributed by atoms with Crippen LogP contribution < -0.4 is 0 Å². The largest absolute Gasteiger partial charge is 0.308 e. The molecule has 0 fully saturated rings. The molecule has 0 amide bonds. The van der Waals surface area contributed by atoms with Crippen LogP contribution in [0, 0.1) is 10.8 Å². The van der Waals surface area contributed by atoms with Gasteiger partial charge in [0.15, 0.2) is 0 Å². The third-order valence-electron chi connectivity index (χ3n) is 2.69. The lowest BCUT2D eigenvalue weighted by Gasteiger charge is -2.32. The van der Waals surface area contributed by atoms with Crippen LogP contribution in [0.4, 0.5) is 0 Å². The Hall–Kier alpha value is -0.590. The van der Waals surface area contributed by atoms with Gasteiger partial charge in [0.25, 0.3) is 0 Å². The standard InChI is InChI=1S/C10H17N/c1-8-5-4-6-10(2,3)9(8)7-11/h7,11H,4-6H2,1-3H3. The molecule has 1 nitrogen and oxygen atoms in total. The summed E-state index contributed by atoms with van der Waals surface area (Å²) >= 11 is 0. The van der Waals surface area contributed by atoms with Crippen LogP contribution >= 0.6 is 0 Å². The third-order valence-corrected chi connectivity index (χ3v) is 2.69. The van der Waals surface area contributed by atoms with Crippen molar-refractivity contribution in [2.75, 3.05) is 0 Å². The van der Waals surface area contributed by atoms with Gasteiger partial charge in [-0.3, -0.25) is 0 Å². The zero-order chi connectivity index (χ0) is 8.48. The molecule has 11 heavy (non-hydrogen) atoms. The van der Waals surface area contributed by atoms with Crippen LogP contribution in [0.3, 0.4) is 0 Å². The summed E-state index contributed by atoms with van der Waals surface area (Å²) in [7, 11) is 0. The van der Waals surface area contributed by atoms with E-state index in [1.165, 1.54) is 36.6 Å². The summed E-state index contributed by atoms with van der Waals surface area (Å²) in [6, 6.07) is 0. The first kappa shape index (κ1) is 8.51. The molecule has 1 N–H and O–H groups in total. The smallest absolute Gasteiger partial charge is 0.0214 e. The normalized spacial score (nSPS) is 23.5. The molecule has 1 aliphatic rings. The zero-order valence-electron chi connectivity index (χ0n) is 7.70. The van der Waals surface area contributed by atoms with Gasteiger partial charge in [0, 0.05) is 6.21 Å². The van der Waals surface area contributed by atoms with E-state index in [0.717, 1.165) is 0 Å². The Morgan fingerprint density at radius 2 is 2.09 bits per heavy atom. The van der Waals surface area contributed by atoms with Crippen molar-refractivity contribution in [3.8, 4) is 0 Å². The molecule has 0 unspecified atom stereocenters. The molecule has 0 aromatic carbocycles. The molecule has 0 saturated carbocycles. The van der Waals surface area contributed by atoms with Crippen molar-refractivity contribution in [2.45, 2.75) is 40.0 Å². The van der Waals surface area contributed by atoms with Gasteiger partial charge in [0.1, 0.15) is 0 Å². The van der Waals surface area contributed by atoms with Gasteiger partial charge in [-0.25, -0.2) is 0 Å². The molecule has 0 atom stereocenters. The Morgan fingerprint density at radius 1 is 1.45 bits per heavy atom. The first-order valence-electron chi connectivity index (χ1n) is 4.28. The maximum atomic E-state index is 7.30. The highest BCUT2D eigenvalue weighted by Gasteiger charge is 2.26. The second-order valence-corrected chi connectivity index (χ2v) is 4.08. The minimum absolute atomic E-state index is 0.254. The summed E-state index contributed by atoms with van der Waals surface area (Å²) in [5.41, 5.74) is 2.92. The number of nitrogens with one attached hydrogen (secondary N) is 1. The van der Waals surface area contributed by atoms with Crippen LogP contribution in [0.15, 0.2) is 11.1 Å². The van der Waals surface area contributed by atoms with Crippen molar-refractivity contribution >= 4 is 6.21 Å². The van der Waals surface area contributed by atoms with Gasteiger partial charge in [0.2, 0.25) is 0 Å². The lowest BCUT2D eigenvalue weighted by atomic mass is 9.73. The van der Waals surface area contributed by atoms with Gasteiger partial charge in [0.05, 0.1) is 0 Å². The Balaban J connectivity index is 3.01. The van der Waals surface area contributed by atoms with Gasteiger partial charge in [-0.05, 0) is 37.2 Å². The van der Waals surface area contributed by atoms with Crippen LogP contribution in [0.2, 0.25) is 0 Å². The first-order valence-corrected chi connectivity index (χ1v) is 4.28. The Kier molecular flexibility index (Phi) is 2.17. The van der Waals surface area contributed by atoms with E-state index in [0.29, 0.717) is 0 Å². The number of rotatable bonds is 1. The quantitative estimate of drug-likeness (QED) is 0.557. The molecular weight excluding hydrogens is 134 g/mol. The van der Waals surface area contributed by atoms with E-state index >= 15 is 0 Å². The predicted molar refractivity (Wildman–Crippen MR) is 49.1 cm³/mol. The maximum absolute atomic E-state index is 7.30. The fourth-order valence-electron chi connectivity index (χ4n) is 1.96. The van der Waals surface area contributed by atoms with Crippen LogP contribution in [-0.2, 0) is 0 Å². The second-order valence-electron chi connectivity index (χ2n) is 4.08. The molecule has 0 spiro atoms. The minimum Gasteiger partial charge on any atom is -0.308 e. The molecular formula is C10H17N. The van der Waals surface area contributed by atoms with E-state index in [-0.39, 0.29) is 5.41 Å². The SMILES string of the molecule is CC1=C(C=N)C(C)(C)CCC1. The van der Waals surface area contributed by atoms with Crippen molar-refractivity contribution in [2.24, 2.45) is 5.41 Å². The maximum Gasteiger partial charge on any atom is 0.0214 e. The molecule has 1 aliphatic carbocycles. The van der Waals surface area contributed by atoms with Crippen molar-refractivity contribution in [1.29, 1.82) is 5.41 Å². The monoisotopic (exact) mass is 151 g/mol. The highest BCUT2D eigenvalue weighted by atomic mass is 14.4. The number of hydrogen-bond acceptors (Lipinski definition) is 1. The van der Waals surface area contributed by atoms with Gasteiger partial charge in [-0.15, -0.1) is 0 Å². The van der Waals surface area contributed by atoms with E-state index in [9.17, 15) is 0 Å². The van der Waals surface area contributed by atoms with Crippen LogP contribution in [0.25, 0.3) is 0 Å². The lowest BCUT2D eigenvalue weighted by molar-refractivity contribution is 0.383. The Morgan fingerprint density at radius 3 is 2.45 bits per heavy atom. The lowest BCUT2D eigenvalue weighted by Crippen LogP contribution is -2.20. The van der Waals surface area contributed by atoms with Crippen LogP contribution in [0.1, 0.15) is 40.0 Å². The van der Waals surface area contributed by atoms with E-state index in [4.69, 9.17) is 5.41 Å². The van der Waals surface area contributed by atoms with Crippen molar-refractivity contribution in [3.05, 3.63) is 11.1 Å². The summed E-state index contributed by atoms with van der Waals surface area (Å²) in [6.07, 6.45) is 5.24. The van der Waals surface area contributed by atoms with Gasteiger partial charge < -0.3 is 5.41 Å². The Bertz CT molecular complexity index is 199. The van der Waals surface area contributed by atoms with Crippen molar-refractivity contribution in [3.63, 3.8) is 0 Å². The predicted octanol–water partition coefficient (Wildman–Crippen LogP) is 3.16. The fraction of sp³-hybridized carbons (Fsp3) is 0.700. The van der Waals surface area contributed by atoms with Gasteiger partial charge >= 0.3 is 0 Å². The molecule has 1 heteroatoms. The summed E-state index contributed by atoms with van der Waals surface area (Å²) in [4.78, 5) is 0. The highest BCUT2D eigenvalue weighted by Crippen LogP contribution is 2.38. The molecule has 0 radical (unpaired) electrons. The van der Waals surface area contributed by atoms with E-state index in [1.54, 1.807) is 0 Å². The van der Waals surface area contributed by atoms with Gasteiger partial charge in [-0.2, -0.15) is 0 Å². The average molecular weight is 151 g/mol. The van der Waals surface area contributed by atoms with E-state index < -0.39 is 0 Å². The number of hydrogen-bond donors (Lipinski definition) is 1. The summed E-state index contributed by atoms with van der Waals surface area (Å²) in [5.74, 6) is 0. The summed E-state index contributed by atoms with van der Waals surface area (Å²) in [5, 5.41) is 7.30. The molecule has 62 valence electrons. The average Bonchev–Trinajstić information content (AvgIpc) is 1.86. The van der Waals surface area contributed by atoms with Crippen molar-refractivity contribution in [1.82, 2.24) is 0 Å². The van der Waals surface area contributed by atoms with Crippen molar-refractivity contribution < 1.29 is 0 Å². The fourth-order valence-corrected chi connectivity index (χ4v) is 1.96. The van der Waals surface area contributed by atoms with Crippen LogP contribution in [-0.4, -0.2) is 6.21 Å². The zero-order valence-corrected chi connectivity index (χ0v) is 7.70. The minimum atomic E-state index is 0.254. The Labute approximate surface area is 69.0 Å². The highest BCUT2D eigenvalue weighted by molar-refractivity contribution is 5.79. The summed E-state index contributed by atoms with van der Waals surface area (Å²) in [6.45, 7) is 6.62. The van der Waals surface area contributed by atoms with Crippen LogP contribution in [0.5, 0.6) is 0 Å². The number of allylic oxidation sites excluding steroid dienone is 2. The molecule has 0 saturated heterocycles. The molecule has 0 aliphatic heterocycles. The van der Waals surface area contributed by atoms with Gasteiger partial charge in [-0.1, -0.05) is 19.4 Å². The van der Waals surface area contributed by atoms with E-state index in [1.807, 2.05) is 0 Å². The third kappa shape index (κ3) is 1.52. The topological polar surface area (TPSA) is 23.9 Å². The molecule has 0 aromatic rings. The molecule has 1 rings (SSSR count). The van der Waals surface area contributed by atoms with E-state index in [2.05, 4.69) is 20.8 Å². The molecule has 0 aromatic heterocycles. The first-order chi connectivity index (χ1) is 5.08. The molecule has 0 heterocycles. The second kappa shape index (κ2) is 2.80. The summed E-state index contributed by atoms with van der Waals surface area (Å²) < 4.78 is 0. The molecule has 0 bridgehead atoms.